The van der Waals surface area contributed by atoms with Crippen molar-refractivity contribution in [3.63, 3.8) is 0 Å². The van der Waals surface area contributed by atoms with Gasteiger partial charge in [-0.25, -0.2) is 56.0 Å². The highest BCUT2D eigenvalue weighted by molar-refractivity contribution is 7.88. The molecule has 0 aliphatic carbocycles. The van der Waals surface area contributed by atoms with Crippen LogP contribution >= 0.6 is 37.9 Å². The van der Waals surface area contributed by atoms with E-state index in [2.05, 4.69) is 406 Å². The Hall–Kier alpha value is 0.430. The zero-order valence-electron chi connectivity index (χ0n) is 58.4. The summed E-state index contributed by atoms with van der Waals surface area (Å²) in [5.74, 6) is -2.59. The molecule has 0 aliphatic heterocycles. The molecule has 0 rings (SSSR count). The highest BCUT2D eigenvalue weighted by Crippen LogP contribution is 2.87. The fourth-order valence-corrected chi connectivity index (χ4v) is 38.9. The van der Waals surface area contributed by atoms with Gasteiger partial charge in [-0.05, 0) is 314 Å². The molecule has 78 heavy (non-hydrogen) atoms. The first kappa shape index (κ1) is 78.4. The summed E-state index contributed by atoms with van der Waals surface area (Å²) in [6.45, 7) is 0. The second-order valence-corrected chi connectivity index (χ2v) is 41.1. The lowest BCUT2D eigenvalue weighted by molar-refractivity contribution is -0.179. The zero-order valence-corrected chi connectivity index (χ0v) is 62.9. The lowest BCUT2D eigenvalue weighted by Gasteiger charge is -2.59. The Kier molecular flexibility index (Phi) is 29.4. The summed E-state index contributed by atoms with van der Waals surface area (Å²) in [6, 6.07) is 0. The van der Waals surface area contributed by atoms with Gasteiger partial charge in [-0.15, -0.1) is 0 Å². The minimum atomic E-state index is -4.22. The highest BCUT2D eigenvalue weighted by atomic mass is 31.3. The van der Waals surface area contributed by atoms with Gasteiger partial charge in [-0.3, -0.25) is 53.9 Å². The average molecular weight is 1210 g/mol. The normalized spacial score (nSPS) is 15.3. The van der Waals surface area contributed by atoms with Crippen molar-refractivity contribution in [2.45, 2.75) is 24.0 Å². The Morgan fingerprint density at radius 1 is 0.231 bits per heavy atom. The van der Waals surface area contributed by atoms with Crippen molar-refractivity contribution >= 4 is 37.9 Å². The van der Waals surface area contributed by atoms with Gasteiger partial charge in [0, 0.05) is 0 Å². The molecule has 0 amide bonds. The number of hydrogen-bond acceptors (Lipinski definition) is 15. The van der Waals surface area contributed by atoms with Crippen molar-refractivity contribution < 1.29 is 0 Å². The van der Waals surface area contributed by atoms with Crippen LogP contribution < -0.4 is 0 Å². The largest absolute Gasteiger partial charge is 0.502 e. The summed E-state index contributed by atoms with van der Waals surface area (Å²) in [7, 11) is 73.1. The molecule has 0 aliphatic rings. The van der Waals surface area contributed by atoms with Crippen LogP contribution in [0.25, 0.3) is 0 Å². The summed E-state index contributed by atoms with van der Waals surface area (Å²) in [5.41, 5.74) is 0. The fraction of sp³-hybridized carbons (Fsp3) is 1.00. The molecule has 0 atom stereocenters. The van der Waals surface area contributed by atoms with Crippen LogP contribution in [0.4, 0.5) is 0 Å². The van der Waals surface area contributed by atoms with Crippen LogP contribution in [0.1, 0.15) is 0 Å². The van der Waals surface area contributed by atoms with E-state index in [9.17, 15) is 0 Å². The van der Waals surface area contributed by atoms with Crippen LogP contribution in [0.5, 0.6) is 0 Å². The molecule has 0 N–H and O–H groups in total. The van der Waals surface area contributed by atoms with Crippen molar-refractivity contribution in [1.29, 1.82) is 0 Å². The summed E-state index contributed by atoms with van der Waals surface area (Å²) in [5, 5.41) is 0. The Bertz CT molecular complexity index is 1780. The van der Waals surface area contributed by atoms with Crippen LogP contribution in [-0.4, -0.2) is 430 Å². The molecule has 0 aromatic carbocycles. The Labute approximate surface area is 484 Å². The predicted octanol–water partition coefficient (Wildman–Crippen LogP) is 3.96. The number of hydrogen-bond donors (Lipinski definition) is 0. The Morgan fingerprint density at radius 2 is 0.372 bits per heavy atom. The maximum absolute atomic E-state index is 6.88. The Balaban J connectivity index is 12.9. The van der Waals surface area contributed by atoms with Gasteiger partial charge in [0.25, 0.3) is 0 Å². The third-order valence-electron chi connectivity index (χ3n) is 14.8. The van der Waals surface area contributed by atoms with E-state index < -0.39 is 55.6 Å². The van der Waals surface area contributed by atoms with E-state index in [1.807, 2.05) is 0 Å². The Morgan fingerprint density at radius 3 is 0.487 bits per heavy atom. The number of nitrogens with zero attached hydrogens (tertiary/aromatic N) is 27. The van der Waals surface area contributed by atoms with Crippen molar-refractivity contribution in [1.82, 2.24) is 110 Å². The summed E-state index contributed by atoms with van der Waals surface area (Å²) < 4.78 is 55.9. The van der Waals surface area contributed by atoms with E-state index in [1.54, 1.807) is 0 Å². The molecule has 0 bridgehead atoms. The van der Waals surface area contributed by atoms with Gasteiger partial charge in [0.1, 0.15) is 6.29 Å². The second-order valence-electron chi connectivity index (χ2n) is 24.1. The van der Waals surface area contributed by atoms with Crippen molar-refractivity contribution in [3.05, 3.63) is 0 Å². The van der Waals surface area contributed by atoms with E-state index in [0.29, 0.717) is 0 Å². The SMILES string of the molecule is CN(C)C(N(C)C)N(C)P(=N[P+](N=P(N(C)C)(N(C)C)N(C)C(N(C)C)(N(C)C)N(C)C)(N=P(N(C)C)(N(C)C)N(C)C(N(C)C)(N(C)C)N(C)C)N=P(N(C)C)(N(C)C)N(C)C(N(C)C)(N(C)C)N(C)C)(N(C)C)N(C)C. The average Bonchev–Trinajstić information content (AvgIpc) is 3.23. The summed E-state index contributed by atoms with van der Waals surface area (Å²) >= 11 is 0. The van der Waals surface area contributed by atoms with E-state index in [-0.39, 0.29) is 6.29 Å². The van der Waals surface area contributed by atoms with Crippen molar-refractivity contribution in [2.75, 3.05) is 296 Å². The third-order valence-corrected chi connectivity index (χ3v) is 35.4. The quantitative estimate of drug-likeness (QED) is 0.0735. The molecule has 0 saturated carbocycles. The monoisotopic (exact) mass is 1210 g/mol. The van der Waals surface area contributed by atoms with Gasteiger partial charge < -0.3 is 0 Å². The van der Waals surface area contributed by atoms with E-state index >= 15 is 0 Å². The topological polar surface area (TPSA) is 124 Å². The molecular weight excluding hydrogens is 1090 g/mol. The first-order chi connectivity index (χ1) is 35.0. The van der Waals surface area contributed by atoms with Crippen LogP contribution in [0, 0.1) is 0 Å². The van der Waals surface area contributed by atoms with E-state index in [1.165, 1.54) is 0 Å². The van der Waals surface area contributed by atoms with Gasteiger partial charge in [0.2, 0.25) is 30.0 Å². The van der Waals surface area contributed by atoms with Gasteiger partial charge in [-0.2, -0.15) is 0 Å². The molecular formula is C46H127N27P5+. The lowest BCUT2D eigenvalue weighted by atomic mass is 10.4. The van der Waals surface area contributed by atoms with Gasteiger partial charge in [0.05, 0.1) is 0 Å². The second kappa shape index (κ2) is 29.2. The first-order valence-corrected chi connectivity index (χ1v) is 34.2. The molecule has 0 unspecified atom stereocenters. The highest BCUT2D eigenvalue weighted by Gasteiger charge is 2.64. The van der Waals surface area contributed by atoms with Gasteiger partial charge in [0.15, 0.2) is 17.7 Å². The molecule has 0 aromatic heterocycles. The summed E-state index contributed by atoms with van der Waals surface area (Å²) in [4.78, 5) is 24.9. The molecule has 0 aromatic rings. The third kappa shape index (κ3) is 13.4. The molecule has 0 radical (unpaired) electrons. The van der Waals surface area contributed by atoms with Gasteiger partial charge >= 0.3 is 7.87 Å². The summed E-state index contributed by atoms with van der Waals surface area (Å²) in [6.07, 6.45) is -0.231. The molecule has 0 spiro atoms. The van der Waals surface area contributed by atoms with Crippen LogP contribution in [0.3, 0.4) is 0 Å². The molecule has 0 saturated heterocycles. The molecule has 0 fully saturated rings. The van der Waals surface area contributed by atoms with Gasteiger partial charge in [-0.1, -0.05) is 0 Å². The molecule has 27 nitrogen and oxygen atoms in total. The minimum Gasteiger partial charge on any atom is -0.281 e. The van der Waals surface area contributed by atoms with E-state index in [0.717, 1.165) is 0 Å². The smallest absolute Gasteiger partial charge is 0.281 e. The van der Waals surface area contributed by atoms with Crippen LogP contribution in [-0.2, 0) is 0 Å². The fourth-order valence-electron chi connectivity index (χ4n) is 13.3. The maximum Gasteiger partial charge on any atom is 0.502 e. The minimum absolute atomic E-state index is 0.231. The molecule has 470 valence electrons. The molecule has 0 heterocycles. The number of rotatable bonds is 31. The zero-order chi connectivity index (χ0) is 62.7. The predicted molar refractivity (Wildman–Crippen MR) is 347 cm³/mol. The van der Waals surface area contributed by atoms with E-state index in [4.69, 9.17) is 18.1 Å². The van der Waals surface area contributed by atoms with Crippen LogP contribution in [0.2, 0.25) is 0 Å². The maximum atomic E-state index is 6.88. The van der Waals surface area contributed by atoms with Crippen LogP contribution in [0.15, 0.2) is 18.1 Å². The van der Waals surface area contributed by atoms with Crippen molar-refractivity contribution in [2.24, 2.45) is 18.1 Å². The van der Waals surface area contributed by atoms with Crippen molar-refractivity contribution in [3.8, 4) is 0 Å². The molecule has 32 heteroatoms. The lowest BCUT2D eigenvalue weighted by Crippen LogP contribution is -2.72. The first-order valence-electron chi connectivity index (χ1n) is 26.2. The standard InChI is InChI=1S/C46H127N27P5/c1-51(2)43(52(3)4)70(39)75(62(23)24,63(25)26)47-74(48-76(64(27)28,65(29)30)71(40)44(53(5)6,54(7)8)55(9)10,49-77(66(31)32,67(33)34)72(41)45(56(11)12,57(13)14)58(15)16)50-78(68(35)36,69(37)38)73(42)46(59(17)18,60(19)20)61(21)22/h43H,1-42H3/q+1.